The number of rotatable bonds is 5. The highest BCUT2D eigenvalue weighted by molar-refractivity contribution is 5.84. The summed E-state index contributed by atoms with van der Waals surface area (Å²) in [6, 6.07) is 0. The molecule has 1 aromatic rings. The molecule has 1 heterocycles. The van der Waals surface area contributed by atoms with E-state index in [9.17, 15) is 9.90 Å². The summed E-state index contributed by atoms with van der Waals surface area (Å²) in [6.45, 7) is 2.01. The number of aliphatic hydroxyl groups excluding tert-OH is 1. The minimum absolute atomic E-state index is 0.0301. The predicted octanol–water partition coefficient (Wildman–Crippen LogP) is -0.00340. The SMILES string of the molecule is C#C[C@@H](C)CC(O)Cn1cc(C(=O)O)nn1. The average molecular weight is 223 g/mol. The van der Waals surface area contributed by atoms with Crippen molar-refractivity contribution >= 4 is 5.97 Å². The monoisotopic (exact) mass is 223 g/mol. The highest BCUT2D eigenvalue weighted by Gasteiger charge is 2.12. The molecule has 1 rings (SSSR count). The second kappa shape index (κ2) is 5.28. The number of carboxylic acids is 1. The maximum atomic E-state index is 10.5. The lowest BCUT2D eigenvalue weighted by atomic mass is 10.1. The maximum absolute atomic E-state index is 10.5. The molecule has 0 aliphatic rings. The fraction of sp³-hybridized carbons (Fsp3) is 0.500. The van der Waals surface area contributed by atoms with E-state index in [0.29, 0.717) is 6.42 Å². The Bertz CT molecular complexity index is 408. The molecule has 0 aliphatic heterocycles. The molecule has 0 saturated carbocycles. The van der Waals surface area contributed by atoms with E-state index in [4.69, 9.17) is 11.5 Å². The largest absolute Gasteiger partial charge is 0.476 e. The van der Waals surface area contributed by atoms with Gasteiger partial charge in [0.05, 0.1) is 18.8 Å². The minimum atomic E-state index is -1.14. The van der Waals surface area contributed by atoms with Crippen LogP contribution in [0.2, 0.25) is 0 Å². The van der Waals surface area contributed by atoms with Crippen LogP contribution in [-0.2, 0) is 6.54 Å². The Labute approximate surface area is 92.9 Å². The highest BCUT2D eigenvalue weighted by atomic mass is 16.4. The zero-order valence-corrected chi connectivity index (χ0v) is 8.87. The Morgan fingerprint density at radius 1 is 1.75 bits per heavy atom. The molecule has 0 spiro atoms. The standard InChI is InChI=1S/C10H13N3O3/c1-3-7(2)4-8(14)5-13-6-9(10(15)16)11-12-13/h1,6-8,14H,4-5H2,2H3,(H,15,16)/t7-,8?/m1/s1. The van der Waals surface area contributed by atoms with Crippen LogP contribution in [0.5, 0.6) is 0 Å². The third-order valence-electron chi connectivity index (χ3n) is 2.07. The molecule has 6 heteroatoms. The lowest BCUT2D eigenvalue weighted by molar-refractivity contribution is 0.0690. The van der Waals surface area contributed by atoms with Crippen LogP contribution in [0.25, 0.3) is 0 Å². The summed E-state index contributed by atoms with van der Waals surface area (Å²) < 4.78 is 1.29. The van der Waals surface area contributed by atoms with Crippen LogP contribution in [0.4, 0.5) is 0 Å². The molecule has 0 fully saturated rings. The first-order valence-corrected chi connectivity index (χ1v) is 4.80. The van der Waals surface area contributed by atoms with Gasteiger partial charge in [0.1, 0.15) is 0 Å². The Morgan fingerprint density at radius 2 is 2.44 bits per heavy atom. The zero-order valence-electron chi connectivity index (χ0n) is 8.87. The van der Waals surface area contributed by atoms with Crippen LogP contribution in [0.3, 0.4) is 0 Å². The number of terminal acetylenes is 1. The number of nitrogens with zero attached hydrogens (tertiary/aromatic N) is 3. The van der Waals surface area contributed by atoms with Gasteiger partial charge in [-0.1, -0.05) is 12.1 Å². The van der Waals surface area contributed by atoms with Crippen molar-refractivity contribution < 1.29 is 15.0 Å². The van der Waals surface area contributed by atoms with Crippen molar-refractivity contribution in [1.29, 1.82) is 0 Å². The quantitative estimate of drug-likeness (QED) is 0.686. The van der Waals surface area contributed by atoms with Crippen molar-refractivity contribution in [2.24, 2.45) is 5.92 Å². The lowest BCUT2D eigenvalue weighted by Gasteiger charge is -2.11. The summed E-state index contributed by atoms with van der Waals surface area (Å²) in [5.74, 6) is 1.33. The molecule has 0 amide bonds. The van der Waals surface area contributed by atoms with Gasteiger partial charge in [0.2, 0.25) is 0 Å². The molecule has 0 radical (unpaired) electrons. The van der Waals surface area contributed by atoms with E-state index in [1.54, 1.807) is 0 Å². The third kappa shape index (κ3) is 3.37. The van der Waals surface area contributed by atoms with E-state index in [1.807, 2.05) is 6.92 Å². The van der Waals surface area contributed by atoms with Gasteiger partial charge in [-0.3, -0.25) is 0 Å². The number of carboxylic acid groups (broad SMARTS) is 1. The van der Waals surface area contributed by atoms with Crippen LogP contribution >= 0.6 is 0 Å². The number of hydrogen-bond donors (Lipinski definition) is 2. The highest BCUT2D eigenvalue weighted by Crippen LogP contribution is 2.06. The van der Waals surface area contributed by atoms with E-state index >= 15 is 0 Å². The number of hydrogen-bond acceptors (Lipinski definition) is 4. The molecule has 2 N–H and O–H groups in total. The average Bonchev–Trinajstić information content (AvgIpc) is 2.65. The first kappa shape index (κ1) is 12.2. The molecule has 1 aromatic heterocycles. The summed E-state index contributed by atoms with van der Waals surface area (Å²) in [5, 5.41) is 25.2. The Morgan fingerprint density at radius 3 is 2.94 bits per heavy atom. The number of aromatic nitrogens is 3. The van der Waals surface area contributed by atoms with E-state index < -0.39 is 12.1 Å². The fourth-order valence-electron chi connectivity index (χ4n) is 1.25. The van der Waals surface area contributed by atoms with E-state index in [0.717, 1.165) is 0 Å². The molecule has 0 saturated heterocycles. The minimum Gasteiger partial charge on any atom is -0.476 e. The van der Waals surface area contributed by atoms with Crippen LogP contribution < -0.4 is 0 Å². The molecule has 6 nitrogen and oxygen atoms in total. The zero-order chi connectivity index (χ0) is 12.1. The Balaban J connectivity index is 2.53. The van der Waals surface area contributed by atoms with E-state index in [-0.39, 0.29) is 18.2 Å². The summed E-state index contributed by atoms with van der Waals surface area (Å²) in [7, 11) is 0. The Hall–Kier alpha value is -1.87. The first-order valence-electron chi connectivity index (χ1n) is 4.80. The molecule has 86 valence electrons. The van der Waals surface area contributed by atoms with E-state index in [1.165, 1.54) is 10.9 Å². The van der Waals surface area contributed by atoms with Crippen molar-refractivity contribution in [2.45, 2.75) is 26.0 Å². The second-order valence-electron chi connectivity index (χ2n) is 3.59. The van der Waals surface area contributed by atoms with Gasteiger partial charge in [0, 0.05) is 5.92 Å². The van der Waals surface area contributed by atoms with Gasteiger partial charge < -0.3 is 10.2 Å². The van der Waals surface area contributed by atoms with Crippen LogP contribution in [-0.4, -0.2) is 37.3 Å². The van der Waals surface area contributed by atoms with Crippen LogP contribution in [0, 0.1) is 18.3 Å². The number of carbonyl (C=O) groups is 1. The first-order chi connectivity index (χ1) is 7.52. The fourth-order valence-corrected chi connectivity index (χ4v) is 1.25. The van der Waals surface area contributed by atoms with Crippen molar-refractivity contribution in [3.8, 4) is 12.3 Å². The summed E-state index contributed by atoms with van der Waals surface area (Å²) in [4.78, 5) is 10.5. The van der Waals surface area contributed by atoms with Gasteiger partial charge in [-0.2, -0.15) is 0 Å². The maximum Gasteiger partial charge on any atom is 0.358 e. The Kier molecular flexibility index (Phi) is 4.03. The van der Waals surface area contributed by atoms with Crippen LogP contribution in [0.15, 0.2) is 6.20 Å². The summed E-state index contributed by atoms with van der Waals surface area (Å²) >= 11 is 0. The normalized spacial score (nSPS) is 14.1. The van der Waals surface area contributed by atoms with Crippen molar-refractivity contribution in [3.63, 3.8) is 0 Å². The molecule has 1 unspecified atom stereocenters. The number of aliphatic hydroxyl groups is 1. The topological polar surface area (TPSA) is 88.2 Å². The second-order valence-corrected chi connectivity index (χ2v) is 3.59. The predicted molar refractivity (Wildman–Crippen MR) is 55.6 cm³/mol. The van der Waals surface area contributed by atoms with Crippen molar-refractivity contribution in [2.75, 3.05) is 0 Å². The van der Waals surface area contributed by atoms with Crippen LogP contribution in [0.1, 0.15) is 23.8 Å². The molecule has 0 aliphatic carbocycles. The molecule has 0 aromatic carbocycles. The molecular weight excluding hydrogens is 210 g/mol. The van der Waals surface area contributed by atoms with E-state index in [2.05, 4.69) is 16.2 Å². The molecule has 0 bridgehead atoms. The van der Waals surface area contributed by atoms with Gasteiger partial charge in [0.15, 0.2) is 5.69 Å². The van der Waals surface area contributed by atoms with Gasteiger partial charge in [-0.05, 0) is 6.42 Å². The summed E-state index contributed by atoms with van der Waals surface area (Å²) in [6.07, 6.45) is 6.24. The molecule has 2 atom stereocenters. The van der Waals surface area contributed by atoms with Gasteiger partial charge in [-0.25, -0.2) is 9.48 Å². The lowest BCUT2D eigenvalue weighted by Crippen LogP contribution is -2.18. The summed E-state index contributed by atoms with van der Waals surface area (Å²) in [5.41, 5.74) is -0.141. The van der Waals surface area contributed by atoms with Crippen molar-refractivity contribution in [3.05, 3.63) is 11.9 Å². The molecule has 16 heavy (non-hydrogen) atoms. The van der Waals surface area contributed by atoms with Gasteiger partial charge >= 0.3 is 5.97 Å². The molecular formula is C10H13N3O3. The number of aromatic carboxylic acids is 1. The van der Waals surface area contributed by atoms with Crippen molar-refractivity contribution in [1.82, 2.24) is 15.0 Å². The van der Waals surface area contributed by atoms with Gasteiger partial charge in [-0.15, -0.1) is 17.4 Å². The van der Waals surface area contributed by atoms with Gasteiger partial charge in [0.25, 0.3) is 0 Å². The smallest absolute Gasteiger partial charge is 0.358 e. The third-order valence-corrected chi connectivity index (χ3v) is 2.07.